The third-order valence-electron chi connectivity index (χ3n) is 6.39. The predicted octanol–water partition coefficient (Wildman–Crippen LogP) is 1.73. The van der Waals surface area contributed by atoms with Crippen molar-refractivity contribution in [3.05, 3.63) is 47.3 Å². The van der Waals surface area contributed by atoms with Gasteiger partial charge >= 0.3 is 0 Å². The average Bonchev–Trinajstić information content (AvgIpc) is 3.33. The maximum Gasteiger partial charge on any atom is 0.234 e. The summed E-state index contributed by atoms with van der Waals surface area (Å²) in [6.45, 7) is 0.0472. The number of Topliss-reactive ketones (excluding diaryl/α,β-unsaturated/α-hetero) is 1. The summed E-state index contributed by atoms with van der Waals surface area (Å²) in [4.78, 5) is 29.8. The molecule has 0 aliphatic heterocycles. The lowest BCUT2D eigenvalue weighted by Crippen LogP contribution is -2.38. The number of sulfone groups is 1. The lowest BCUT2D eigenvalue weighted by Gasteiger charge is -2.12. The summed E-state index contributed by atoms with van der Waals surface area (Å²) in [5.74, 6) is 0.652. The molecule has 0 spiro atoms. The van der Waals surface area contributed by atoms with Crippen LogP contribution in [0.4, 0.5) is 0 Å². The molecule has 1 saturated carbocycles. The first-order valence-corrected chi connectivity index (χ1v) is 12.9. The third-order valence-corrected chi connectivity index (χ3v) is 7.34. The van der Waals surface area contributed by atoms with E-state index in [2.05, 4.69) is 10.3 Å². The molecule has 0 atom stereocenters. The zero-order chi connectivity index (χ0) is 23.4. The summed E-state index contributed by atoms with van der Waals surface area (Å²) in [7, 11) is -1.63. The number of nitrogens with one attached hydrogen (secondary N) is 1. The summed E-state index contributed by atoms with van der Waals surface area (Å²) in [5, 5.41) is 7.44. The fraction of sp³-hybridized carbons (Fsp3) is 0.391. The number of amides is 1. The zero-order valence-corrected chi connectivity index (χ0v) is 19.2. The number of pyridine rings is 1. The van der Waals surface area contributed by atoms with Crippen molar-refractivity contribution in [3.8, 4) is 17.0 Å². The van der Waals surface area contributed by atoms with E-state index >= 15 is 0 Å². The van der Waals surface area contributed by atoms with Crippen LogP contribution in [-0.4, -0.2) is 60.4 Å². The lowest BCUT2D eigenvalue weighted by atomic mass is 10.00. The molecule has 172 valence electrons. The minimum Gasteiger partial charge on any atom is -0.493 e. The number of ether oxygens (including phenoxy) is 1. The molecule has 2 aromatic heterocycles. The second-order valence-corrected chi connectivity index (χ2v) is 10.9. The molecule has 2 aliphatic rings. The van der Waals surface area contributed by atoms with Crippen LogP contribution < -0.4 is 10.1 Å². The Labute approximate surface area is 191 Å². The number of benzene rings is 1. The van der Waals surface area contributed by atoms with Gasteiger partial charge in [-0.3, -0.25) is 9.59 Å². The van der Waals surface area contributed by atoms with Crippen molar-refractivity contribution in [1.29, 1.82) is 0 Å². The van der Waals surface area contributed by atoms with Gasteiger partial charge < -0.3 is 10.1 Å². The van der Waals surface area contributed by atoms with E-state index in [1.54, 1.807) is 11.6 Å². The van der Waals surface area contributed by atoms with Crippen molar-refractivity contribution < 1.29 is 22.7 Å². The fourth-order valence-electron chi connectivity index (χ4n) is 4.43. The number of carbonyl (C=O) groups excluding carboxylic acids is 2. The first-order valence-electron chi connectivity index (χ1n) is 10.8. The molecule has 9 nitrogen and oxygen atoms in total. The highest BCUT2D eigenvalue weighted by Gasteiger charge is 2.54. The van der Waals surface area contributed by atoms with Crippen molar-refractivity contribution in [2.75, 3.05) is 25.7 Å². The molecule has 0 radical (unpaired) electrons. The zero-order valence-electron chi connectivity index (χ0n) is 18.4. The van der Waals surface area contributed by atoms with Gasteiger partial charge in [0.1, 0.15) is 15.3 Å². The average molecular weight is 469 g/mol. The van der Waals surface area contributed by atoms with Crippen LogP contribution in [0, 0.1) is 0 Å². The Balaban J connectivity index is 1.56. The van der Waals surface area contributed by atoms with Gasteiger partial charge in [0, 0.05) is 30.3 Å². The number of ketones is 1. The Kier molecular flexibility index (Phi) is 5.00. The molecule has 0 bridgehead atoms. The van der Waals surface area contributed by atoms with E-state index in [1.807, 2.05) is 30.3 Å². The molecule has 2 aliphatic carbocycles. The maximum atomic E-state index is 12.9. The van der Waals surface area contributed by atoms with Gasteiger partial charge in [0.25, 0.3) is 0 Å². The van der Waals surface area contributed by atoms with Gasteiger partial charge in [0.2, 0.25) is 5.91 Å². The SMILES string of the molecule is COc1ccc(-c2cccc3c2CCC3=O)n2nc(C3(C(=O)NCCS(C)(=O)=O)CC3)nc12. The molecule has 2 heterocycles. The standard InChI is InChI=1S/C23H24N4O5S/c1-32-19-9-7-17(15-4-3-5-16-14(15)6-8-18(16)28)27-20(19)25-21(26-27)23(10-11-23)22(29)24-12-13-33(2,30)31/h3-5,7,9H,6,8,10-13H2,1-2H3,(H,24,29). The molecule has 33 heavy (non-hydrogen) atoms. The van der Waals surface area contributed by atoms with Crippen LogP contribution in [0.1, 0.15) is 41.0 Å². The molecule has 1 fully saturated rings. The molecule has 5 rings (SSSR count). The maximum absolute atomic E-state index is 12.9. The highest BCUT2D eigenvalue weighted by molar-refractivity contribution is 7.90. The Morgan fingerprint density at radius 3 is 2.64 bits per heavy atom. The molecule has 0 saturated heterocycles. The van der Waals surface area contributed by atoms with Crippen molar-refractivity contribution >= 4 is 27.2 Å². The first-order chi connectivity index (χ1) is 15.7. The minimum absolute atomic E-state index is 0.0472. The summed E-state index contributed by atoms with van der Waals surface area (Å²) >= 11 is 0. The van der Waals surface area contributed by atoms with Gasteiger partial charge in [-0.15, -0.1) is 5.10 Å². The van der Waals surface area contributed by atoms with Crippen molar-refractivity contribution in [3.63, 3.8) is 0 Å². The van der Waals surface area contributed by atoms with Crippen LogP contribution in [0.15, 0.2) is 30.3 Å². The van der Waals surface area contributed by atoms with Gasteiger partial charge in [-0.25, -0.2) is 17.9 Å². The van der Waals surface area contributed by atoms with Crippen molar-refractivity contribution in [2.24, 2.45) is 0 Å². The van der Waals surface area contributed by atoms with Crippen LogP contribution in [0.3, 0.4) is 0 Å². The molecule has 0 unspecified atom stereocenters. The van der Waals surface area contributed by atoms with Crippen LogP contribution in [0.25, 0.3) is 16.9 Å². The number of carbonyl (C=O) groups is 2. The van der Waals surface area contributed by atoms with Gasteiger partial charge in [0.05, 0.1) is 18.6 Å². The Bertz CT molecular complexity index is 1410. The molecule has 1 aromatic carbocycles. The van der Waals surface area contributed by atoms with Gasteiger partial charge in [-0.2, -0.15) is 0 Å². The molecular weight excluding hydrogens is 444 g/mol. The number of fused-ring (bicyclic) bond motifs is 2. The smallest absolute Gasteiger partial charge is 0.234 e. The fourth-order valence-corrected chi connectivity index (χ4v) is 4.91. The minimum atomic E-state index is -3.17. The van der Waals surface area contributed by atoms with Gasteiger partial charge in [0.15, 0.2) is 23.0 Å². The third kappa shape index (κ3) is 3.68. The van der Waals surface area contributed by atoms with E-state index in [0.717, 1.165) is 28.6 Å². The number of aromatic nitrogens is 3. The van der Waals surface area contributed by atoms with Crippen LogP contribution >= 0.6 is 0 Å². The van der Waals surface area contributed by atoms with Crippen LogP contribution in [-0.2, 0) is 26.5 Å². The number of hydrogen-bond acceptors (Lipinski definition) is 7. The second kappa shape index (κ2) is 7.65. The Morgan fingerprint density at radius 1 is 1.18 bits per heavy atom. The molecule has 10 heteroatoms. The molecule has 1 amide bonds. The van der Waals surface area contributed by atoms with E-state index in [-0.39, 0.29) is 24.0 Å². The van der Waals surface area contributed by atoms with E-state index in [4.69, 9.17) is 9.84 Å². The topological polar surface area (TPSA) is 120 Å². The van der Waals surface area contributed by atoms with Crippen LogP contribution in [0.5, 0.6) is 5.75 Å². The normalized spacial score (nSPS) is 16.6. The highest BCUT2D eigenvalue weighted by Crippen LogP contribution is 2.47. The second-order valence-electron chi connectivity index (χ2n) is 8.68. The number of rotatable bonds is 7. The number of nitrogens with zero attached hydrogens (tertiary/aromatic N) is 3. The van der Waals surface area contributed by atoms with Gasteiger partial charge in [-0.1, -0.05) is 18.2 Å². The Morgan fingerprint density at radius 2 is 1.94 bits per heavy atom. The Hall–Kier alpha value is -3.27. The van der Waals surface area contributed by atoms with Gasteiger partial charge in [-0.05, 0) is 37.0 Å². The van der Waals surface area contributed by atoms with E-state index in [9.17, 15) is 18.0 Å². The summed E-state index contributed by atoms with van der Waals surface area (Å²) < 4.78 is 30.0. The molecular formula is C23H24N4O5S. The predicted molar refractivity (Wildman–Crippen MR) is 121 cm³/mol. The first kappa shape index (κ1) is 21.6. The van der Waals surface area contributed by atoms with Crippen LogP contribution in [0.2, 0.25) is 0 Å². The lowest BCUT2D eigenvalue weighted by molar-refractivity contribution is -0.123. The van der Waals surface area contributed by atoms with E-state index in [0.29, 0.717) is 42.9 Å². The van der Waals surface area contributed by atoms with E-state index in [1.165, 1.54) is 0 Å². The molecule has 3 aromatic rings. The van der Waals surface area contributed by atoms with E-state index < -0.39 is 15.3 Å². The van der Waals surface area contributed by atoms with Crippen molar-refractivity contribution in [2.45, 2.75) is 31.1 Å². The monoisotopic (exact) mass is 468 g/mol. The van der Waals surface area contributed by atoms with Crippen molar-refractivity contribution in [1.82, 2.24) is 19.9 Å². The number of methoxy groups -OCH3 is 1. The largest absolute Gasteiger partial charge is 0.493 e. The summed E-state index contributed by atoms with van der Waals surface area (Å²) in [5.41, 5.74) is 3.02. The summed E-state index contributed by atoms with van der Waals surface area (Å²) in [6.07, 6.45) is 3.47. The molecule has 1 N–H and O–H groups in total. The quantitative estimate of drug-likeness (QED) is 0.561. The number of hydrogen-bond donors (Lipinski definition) is 1. The summed E-state index contributed by atoms with van der Waals surface area (Å²) in [6, 6.07) is 9.37. The highest BCUT2D eigenvalue weighted by atomic mass is 32.2.